The van der Waals surface area contributed by atoms with E-state index in [0.29, 0.717) is 0 Å². The van der Waals surface area contributed by atoms with Crippen molar-refractivity contribution in [2.24, 2.45) is 5.73 Å². The lowest BCUT2D eigenvalue weighted by Crippen LogP contribution is -2.27. The van der Waals surface area contributed by atoms with Gasteiger partial charge in [0.1, 0.15) is 5.82 Å². The summed E-state index contributed by atoms with van der Waals surface area (Å²) in [6.45, 7) is 2.77. The topological polar surface area (TPSA) is 47.1 Å². The average molecular weight is 297 g/mol. The second-order valence-electron chi connectivity index (χ2n) is 4.99. The molecule has 6 heteroatoms. The lowest BCUT2D eigenvalue weighted by atomic mass is 10.3. The van der Waals surface area contributed by atoms with Gasteiger partial charge in [0.25, 0.3) is 0 Å². The number of likely N-dealkylation sites (tertiary alicyclic amines) is 1. The van der Waals surface area contributed by atoms with Gasteiger partial charge in [-0.2, -0.15) is 5.10 Å². The average Bonchev–Trinajstić information content (AvgIpc) is 3.00. The van der Waals surface area contributed by atoms with Gasteiger partial charge in [-0.25, -0.2) is 9.07 Å². The van der Waals surface area contributed by atoms with Crippen LogP contribution < -0.4 is 5.73 Å². The largest absolute Gasteiger partial charge is 0.326 e. The van der Waals surface area contributed by atoms with Gasteiger partial charge in [0.15, 0.2) is 0 Å². The Balaban J connectivity index is 0.00000147. The van der Waals surface area contributed by atoms with Crippen LogP contribution in [0, 0.1) is 5.82 Å². The first kappa shape index (κ1) is 15.0. The van der Waals surface area contributed by atoms with Crippen LogP contribution in [-0.4, -0.2) is 33.8 Å². The van der Waals surface area contributed by atoms with Crippen LogP contribution in [0.4, 0.5) is 4.39 Å². The predicted octanol–water partition coefficient (Wildman–Crippen LogP) is 1.97. The molecule has 0 radical (unpaired) electrons. The molecule has 0 amide bonds. The zero-order valence-electron chi connectivity index (χ0n) is 11.1. The summed E-state index contributed by atoms with van der Waals surface area (Å²) in [7, 11) is 0. The Morgan fingerprint density at radius 1 is 1.25 bits per heavy atom. The molecule has 1 aromatic carbocycles. The van der Waals surface area contributed by atoms with Crippen molar-refractivity contribution in [3.63, 3.8) is 0 Å². The van der Waals surface area contributed by atoms with Crippen molar-refractivity contribution in [1.82, 2.24) is 14.7 Å². The minimum atomic E-state index is -0.233. The molecule has 1 aromatic heterocycles. The van der Waals surface area contributed by atoms with E-state index in [1.807, 2.05) is 10.7 Å². The molecular formula is C14H18ClFN4. The van der Waals surface area contributed by atoms with E-state index in [0.717, 1.165) is 37.4 Å². The normalized spacial score (nSPS) is 19.0. The van der Waals surface area contributed by atoms with E-state index in [4.69, 9.17) is 5.73 Å². The number of halogens is 2. The maximum absolute atomic E-state index is 12.9. The number of hydrogen-bond donors (Lipinski definition) is 1. The number of hydrogen-bond acceptors (Lipinski definition) is 3. The molecule has 0 spiro atoms. The smallest absolute Gasteiger partial charge is 0.123 e. The van der Waals surface area contributed by atoms with Crippen molar-refractivity contribution in [3.8, 4) is 5.69 Å². The van der Waals surface area contributed by atoms with Gasteiger partial charge in [0.2, 0.25) is 0 Å². The SMILES string of the molecule is Cl.N[C@H]1CCN(Cc2ccnn2-c2ccc(F)cc2)C1. The highest BCUT2D eigenvalue weighted by Crippen LogP contribution is 2.16. The van der Waals surface area contributed by atoms with Crippen LogP contribution in [0.3, 0.4) is 0 Å². The van der Waals surface area contributed by atoms with Crippen LogP contribution in [0.15, 0.2) is 36.5 Å². The molecule has 2 heterocycles. The van der Waals surface area contributed by atoms with Gasteiger partial charge >= 0.3 is 0 Å². The van der Waals surface area contributed by atoms with Crippen LogP contribution in [0.5, 0.6) is 0 Å². The molecule has 1 saturated heterocycles. The molecule has 1 aliphatic rings. The van der Waals surface area contributed by atoms with Crippen LogP contribution in [-0.2, 0) is 6.54 Å². The quantitative estimate of drug-likeness (QED) is 0.942. The Morgan fingerprint density at radius 3 is 2.65 bits per heavy atom. The first-order valence-electron chi connectivity index (χ1n) is 6.49. The van der Waals surface area contributed by atoms with Gasteiger partial charge in [0.05, 0.1) is 11.4 Å². The van der Waals surface area contributed by atoms with E-state index in [2.05, 4.69) is 10.00 Å². The second-order valence-corrected chi connectivity index (χ2v) is 4.99. The molecular weight excluding hydrogens is 279 g/mol. The van der Waals surface area contributed by atoms with Crippen LogP contribution in [0.1, 0.15) is 12.1 Å². The summed E-state index contributed by atoms with van der Waals surface area (Å²) < 4.78 is 14.8. The number of aromatic nitrogens is 2. The third-order valence-electron chi connectivity index (χ3n) is 3.49. The molecule has 0 bridgehead atoms. The lowest BCUT2D eigenvalue weighted by Gasteiger charge is -2.16. The number of rotatable bonds is 3. The monoisotopic (exact) mass is 296 g/mol. The molecule has 3 rings (SSSR count). The molecule has 2 aromatic rings. The molecule has 108 valence electrons. The van der Waals surface area contributed by atoms with Gasteiger partial charge in [-0.05, 0) is 36.8 Å². The van der Waals surface area contributed by atoms with E-state index >= 15 is 0 Å². The van der Waals surface area contributed by atoms with Gasteiger partial charge in [-0.15, -0.1) is 12.4 Å². The maximum Gasteiger partial charge on any atom is 0.123 e. The van der Waals surface area contributed by atoms with Crippen molar-refractivity contribution in [2.75, 3.05) is 13.1 Å². The molecule has 0 unspecified atom stereocenters. The number of nitrogens with zero attached hydrogens (tertiary/aromatic N) is 3. The summed E-state index contributed by atoms with van der Waals surface area (Å²) in [5.74, 6) is -0.233. The van der Waals surface area contributed by atoms with E-state index in [9.17, 15) is 4.39 Å². The van der Waals surface area contributed by atoms with E-state index in [-0.39, 0.29) is 24.3 Å². The maximum atomic E-state index is 12.9. The Morgan fingerprint density at radius 2 is 2.00 bits per heavy atom. The van der Waals surface area contributed by atoms with Gasteiger partial charge in [-0.1, -0.05) is 0 Å². The van der Waals surface area contributed by atoms with Crippen LogP contribution >= 0.6 is 12.4 Å². The summed E-state index contributed by atoms with van der Waals surface area (Å²) in [5, 5.41) is 4.31. The van der Waals surface area contributed by atoms with Crippen molar-refractivity contribution >= 4 is 12.4 Å². The molecule has 0 saturated carbocycles. The highest BCUT2D eigenvalue weighted by Gasteiger charge is 2.20. The second kappa shape index (κ2) is 6.35. The van der Waals surface area contributed by atoms with Gasteiger partial charge in [0, 0.05) is 31.9 Å². The molecule has 0 aliphatic carbocycles. The van der Waals surface area contributed by atoms with Gasteiger partial charge in [-0.3, -0.25) is 4.90 Å². The highest BCUT2D eigenvalue weighted by molar-refractivity contribution is 5.85. The highest BCUT2D eigenvalue weighted by atomic mass is 35.5. The molecule has 20 heavy (non-hydrogen) atoms. The molecule has 1 aliphatic heterocycles. The molecule has 4 nitrogen and oxygen atoms in total. The fourth-order valence-corrected chi connectivity index (χ4v) is 2.50. The Hall–Kier alpha value is -1.43. The molecule has 2 N–H and O–H groups in total. The zero-order valence-corrected chi connectivity index (χ0v) is 11.9. The van der Waals surface area contributed by atoms with Crippen molar-refractivity contribution in [1.29, 1.82) is 0 Å². The summed E-state index contributed by atoms with van der Waals surface area (Å²) in [5.41, 5.74) is 7.89. The van der Waals surface area contributed by atoms with Crippen molar-refractivity contribution < 1.29 is 4.39 Å². The molecule has 1 fully saturated rings. The minimum absolute atomic E-state index is 0. The summed E-state index contributed by atoms with van der Waals surface area (Å²) in [6, 6.07) is 8.65. The van der Waals surface area contributed by atoms with Gasteiger partial charge < -0.3 is 5.73 Å². The Kier molecular flexibility index (Phi) is 4.75. The number of nitrogens with two attached hydrogens (primary N) is 1. The third kappa shape index (κ3) is 3.17. The van der Waals surface area contributed by atoms with E-state index in [1.54, 1.807) is 18.3 Å². The van der Waals surface area contributed by atoms with E-state index < -0.39 is 0 Å². The summed E-state index contributed by atoms with van der Waals surface area (Å²) >= 11 is 0. The first-order valence-corrected chi connectivity index (χ1v) is 6.49. The fourth-order valence-electron chi connectivity index (χ4n) is 2.50. The summed E-state index contributed by atoms with van der Waals surface area (Å²) in [6.07, 6.45) is 2.82. The summed E-state index contributed by atoms with van der Waals surface area (Å²) in [4.78, 5) is 2.32. The standard InChI is InChI=1S/C14H17FN4.ClH/c15-11-1-3-13(4-2-11)19-14(5-7-17-19)10-18-8-6-12(16)9-18;/h1-5,7,12H,6,8-10,16H2;1H/t12-;/m0./s1. The zero-order chi connectivity index (χ0) is 13.2. The van der Waals surface area contributed by atoms with E-state index in [1.165, 1.54) is 12.1 Å². The lowest BCUT2D eigenvalue weighted by molar-refractivity contribution is 0.319. The number of benzene rings is 1. The molecule has 1 atom stereocenters. The first-order chi connectivity index (χ1) is 9.22. The predicted molar refractivity (Wildman–Crippen MR) is 78.6 cm³/mol. The third-order valence-corrected chi connectivity index (χ3v) is 3.49. The Bertz CT molecular complexity index is 555. The fraction of sp³-hybridized carbons (Fsp3) is 0.357. The Labute approximate surface area is 123 Å². The van der Waals surface area contributed by atoms with Crippen molar-refractivity contribution in [2.45, 2.75) is 19.0 Å². The minimum Gasteiger partial charge on any atom is -0.326 e. The van der Waals surface area contributed by atoms with Crippen LogP contribution in [0.2, 0.25) is 0 Å². The van der Waals surface area contributed by atoms with Crippen molar-refractivity contribution in [3.05, 3.63) is 48.0 Å². The van der Waals surface area contributed by atoms with Crippen LogP contribution in [0.25, 0.3) is 5.69 Å².